The van der Waals surface area contributed by atoms with E-state index in [0.717, 1.165) is 22.2 Å². The number of aromatic nitrogens is 2. The number of phenolic OH excluding ortho intramolecular Hbond substituents is 1. The quantitative estimate of drug-likeness (QED) is 0.234. The summed E-state index contributed by atoms with van der Waals surface area (Å²) in [4.78, 5) is 0.129. The monoisotopic (exact) mass is 512 g/mol. The molecule has 0 atom stereocenters. The van der Waals surface area contributed by atoms with Gasteiger partial charge in [0.2, 0.25) is 0 Å². The lowest BCUT2D eigenvalue weighted by Crippen LogP contribution is -2.14. The van der Waals surface area contributed by atoms with Crippen molar-refractivity contribution in [3.05, 3.63) is 96.6 Å². The molecular formula is C28H24N4O4S. The zero-order valence-electron chi connectivity index (χ0n) is 20.1. The lowest BCUT2D eigenvalue weighted by atomic mass is 10.0. The Hall–Kier alpha value is -4.63. The molecule has 0 amide bonds. The average molecular weight is 513 g/mol. The molecule has 0 aliphatic heterocycles. The summed E-state index contributed by atoms with van der Waals surface area (Å²) in [6.45, 7) is 1.74. The predicted molar refractivity (Wildman–Crippen MR) is 145 cm³/mol. The Morgan fingerprint density at radius 3 is 2.19 bits per heavy atom. The third-order valence-electron chi connectivity index (χ3n) is 5.91. The van der Waals surface area contributed by atoms with Crippen LogP contribution in [0.15, 0.2) is 95.9 Å². The molecule has 8 nitrogen and oxygen atoms in total. The second-order valence-electron chi connectivity index (χ2n) is 8.43. The van der Waals surface area contributed by atoms with E-state index in [0.29, 0.717) is 28.3 Å². The number of aromatic hydroxyl groups is 1. The largest absolute Gasteiger partial charge is 0.508 e. The SMILES string of the molecule is COc1ccc(Nc2nnc(-c3ccc(C)c(S(=O)(=O)Nc4ccc(O)cc4)c3)c3ccccc23)cc1. The Bertz CT molecular complexity index is 1690. The molecule has 1 aromatic heterocycles. The molecule has 0 radical (unpaired) electrons. The first-order valence-corrected chi connectivity index (χ1v) is 12.9. The fourth-order valence-electron chi connectivity index (χ4n) is 4.00. The van der Waals surface area contributed by atoms with Crippen molar-refractivity contribution in [1.82, 2.24) is 10.2 Å². The van der Waals surface area contributed by atoms with Gasteiger partial charge in [0.05, 0.1) is 12.0 Å². The first kappa shape index (κ1) is 24.1. The van der Waals surface area contributed by atoms with Crippen LogP contribution in [0.4, 0.5) is 17.2 Å². The third kappa shape index (κ3) is 5.03. The molecule has 1 heterocycles. The highest BCUT2D eigenvalue weighted by Crippen LogP contribution is 2.33. The van der Waals surface area contributed by atoms with Crippen molar-refractivity contribution in [2.75, 3.05) is 17.1 Å². The molecule has 0 unspecified atom stereocenters. The van der Waals surface area contributed by atoms with Gasteiger partial charge in [0.15, 0.2) is 5.82 Å². The van der Waals surface area contributed by atoms with Gasteiger partial charge in [-0.05, 0) is 67.1 Å². The van der Waals surface area contributed by atoms with Crippen molar-refractivity contribution in [1.29, 1.82) is 0 Å². The van der Waals surface area contributed by atoms with Crippen LogP contribution in [0.3, 0.4) is 0 Å². The molecule has 5 aromatic rings. The van der Waals surface area contributed by atoms with Crippen LogP contribution in [0.25, 0.3) is 22.0 Å². The molecule has 3 N–H and O–H groups in total. The highest BCUT2D eigenvalue weighted by molar-refractivity contribution is 7.92. The van der Waals surface area contributed by atoms with Gasteiger partial charge in [0.1, 0.15) is 17.2 Å². The molecule has 4 aromatic carbocycles. The number of benzene rings is 4. The topological polar surface area (TPSA) is 113 Å². The average Bonchev–Trinajstić information content (AvgIpc) is 2.91. The number of rotatable bonds is 7. The maximum atomic E-state index is 13.2. The normalized spacial score (nSPS) is 11.3. The van der Waals surface area contributed by atoms with Crippen LogP contribution in [0, 0.1) is 6.92 Å². The lowest BCUT2D eigenvalue weighted by molar-refractivity contribution is 0.415. The van der Waals surface area contributed by atoms with Gasteiger partial charge in [-0.1, -0.05) is 36.4 Å². The Labute approximate surface area is 214 Å². The van der Waals surface area contributed by atoms with Crippen LogP contribution in [0.2, 0.25) is 0 Å². The minimum Gasteiger partial charge on any atom is -0.508 e. The summed E-state index contributed by atoms with van der Waals surface area (Å²) in [5.41, 5.74) is 2.96. The standard InChI is InChI=1S/C28H24N4O4S/c1-18-7-8-19(17-26(18)37(34,35)32-21-9-13-22(33)14-10-21)27-24-5-3-4-6-25(24)28(31-30-27)29-20-11-15-23(36-2)16-12-20/h3-17,32-33H,1-2H3,(H,29,31). The molecule has 0 aliphatic carbocycles. The second kappa shape index (κ2) is 9.79. The number of aryl methyl sites for hydroxylation is 1. The van der Waals surface area contributed by atoms with Crippen molar-refractivity contribution >= 4 is 38.0 Å². The summed E-state index contributed by atoms with van der Waals surface area (Å²) in [6.07, 6.45) is 0. The molecule has 37 heavy (non-hydrogen) atoms. The van der Waals surface area contributed by atoms with Gasteiger partial charge >= 0.3 is 0 Å². The van der Waals surface area contributed by atoms with Crippen molar-refractivity contribution in [3.8, 4) is 22.8 Å². The minimum atomic E-state index is -3.90. The van der Waals surface area contributed by atoms with Crippen LogP contribution in [-0.2, 0) is 10.0 Å². The van der Waals surface area contributed by atoms with E-state index in [-0.39, 0.29) is 10.6 Å². The molecule has 9 heteroatoms. The molecule has 0 saturated carbocycles. The Morgan fingerprint density at radius 2 is 1.49 bits per heavy atom. The Morgan fingerprint density at radius 1 is 0.811 bits per heavy atom. The van der Waals surface area contributed by atoms with Crippen molar-refractivity contribution < 1.29 is 18.3 Å². The van der Waals surface area contributed by atoms with Gasteiger partial charge in [0, 0.05) is 27.7 Å². The van der Waals surface area contributed by atoms with Crippen LogP contribution >= 0.6 is 0 Å². The predicted octanol–water partition coefficient (Wildman–Crippen LogP) is 5.86. The Balaban J connectivity index is 1.53. The van der Waals surface area contributed by atoms with Crippen molar-refractivity contribution in [3.63, 3.8) is 0 Å². The minimum absolute atomic E-state index is 0.0523. The maximum Gasteiger partial charge on any atom is 0.262 e. The number of ether oxygens (including phenoxy) is 1. The first-order chi connectivity index (χ1) is 17.8. The van der Waals surface area contributed by atoms with Crippen LogP contribution in [-0.4, -0.2) is 30.8 Å². The maximum absolute atomic E-state index is 13.2. The molecule has 5 rings (SSSR count). The van der Waals surface area contributed by atoms with E-state index in [2.05, 4.69) is 20.2 Å². The van der Waals surface area contributed by atoms with Gasteiger partial charge in [-0.15, -0.1) is 10.2 Å². The van der Waals surface area contributed by atoms with Crippen LogP contribution in [0.5, 0.6) is 11.5 Å². The number of hydrogen-bond donors (Lipinski definition) is 3. The molecule has 0 spiro atoms. The Kier molecular flexibility index (Phi) is 6.37. The van der Waals surface area contributed by atoms with E-state index in [1.165, 1.54) is 24.3 Å². The van der Waals surface area contributed by atoms with Crippen molar-refractivity contribution in [2.24, 2.45) is 0 Å². The highest BCUT2D eigenvalue weighted by atomic mass is 32.2. The fourth-order valence-corrected chi connectivity index (χ4v) is 5.33. The highest BCUT2D eigenvalue weighted by Gasteiger charge is 2.20. The summed E-state index contributed by atoms with van der Waals surface area (Å²) in [7, 11) is -2.28. The molecule has 0 aliphatic rings. The van der Waals surface area contributed by atoms with E-state index in [1.807, 2.05) is 54.6 Å². The number of hydrogen-bond acceptors (Lipinski definition) is 7. The number of sulfonamides is 1. The summed E-state index contributed by atoms with van der Waals surface area (Å²) in [5, 5.41) is 23.4. The first-order valence-electron chi connectivity index (χ1n) is 11.4. The molecule has 0 saturated heterocycles. The van der Waals surface area contributed by atoms with Gasteiger partial charge in [-0.2, -0.15) is 0 Å². The summed E-state index contributed by atoms with van der Waals surface area (Å²) in [5.74, 6) is 1.39. The van der Waals surface area contributed by atoms with E-state index in [1.54, 1.807) is 26.2 Å². The lowest BCUT2D eigenvalue weighted by Gasteiger charge is -2.14. The van der Waals surface area contributed by atoms with E-state index >= 15 is 0 Å². The molecular weight excluding hydrogens is 488 g/mol. The van der Waals surface area contributed by atoms with Gasteiger partial charge in [-0.25, -0.2) is 8.42 Å². The van der Waals surface area contributed by atoms with Gasteiger partial charge in [0.25, 0.3) is 10.0 Å². The zero-order valence-corrected chi connectivity index (χ0v) is 21.0. The number of phenols is 1. The molecule has 186 valence electrons. The van der Waals surface area contributed by atoms with Gasteiger partial charge < -0.3 is 15.2 Å². The number of nitrogens with one attached hydrogen (secondary N) is 2. The molecule has 0 fully saturated rings. The van der Waals surface area contributed by atoms with Crippen LogP contribution < -0.4 is 14.8 Å². The molecule has 0 bridgehead atoms. The van der Waals surface area contributed by atoms with Crippen LogP contribution in [0.1, 0.15) is 5.56 Å². The van der Waals surface area contributed by atoms with Crippen molar-refractivity contribution in [2.45, 2.75) is 11.8 Å². The fraction of sp³-hybridized carbons (Fsp3) is 0.0714. The number of methoxy groups -OCH3 is 1. The smallest absolute Gasteiger partial charge is 0.262 e. The summed E-state index contributed by atoms with van der Waals surface area (Å²) < 4.78 is 34.2. The van der Waals surface area contributed by atoms with E-state index in [4.69, 9.17) is 4.74 Å². The van der Waals surface area contributed by atoms with Gasteiger partial charge in [-0.3, -0.25) is 4.72 Å². The number of anilines is 3. The second-order valence-corrected chi connectivity index (χ2v) is 10.1. The zero-order chi connectivity index (χ0) is 26.0. The van der Waals surface area contributed by atoms with E-state index in [9.17, 15) is 13.5 Å². The number of nitrogens with zero attached hydrogens (tertiary/aromatic N) is 2. The summed E-state index contributed by atoms with van der Waals surface area (Å²) >= 11 is 0. The van der Waals surface area contributed by atoms with E-state index < -0.39 is 10.0 Å². The third-order valence-corrected chi connectivity index (χ3v) is 7.43. The number of fused-ring (bicyclic) bond motifs is 1. The summed E-state index contributed by atoms with van der Waals surface area (Å²) in [6, 6.07) is 26.2.